The number of amides is 1. The molecule has 0 spiro atoms. The number of carbonyl (C=O) groups is 1. The van der Waals surface area contributed by atoms with Crippen LogP contribution in [0.15, 0.2) is 36.9 Å². The molecule has 5 heteroatoms. The molecule has 0 saturated heterocycles. The lowest BCUT2D eigenvalue weighted by Gasteiger charge is -2.21. The average molecular weight is 349 g/mol. The van der Waals surface area contributed by atoms with Gasteiger partial charge in [0.25, 0.3) is 5.91 Å². The molecule has 1 amide bonds. The van der Waals surface area contributed by atoms with Gasteiger partial charge in [-0.25, -0.2) is 0 Å². The Morgan fingerprint density at radius 3 is 2.88 bits per heavy atom. The zero-order valence-electron chi connectivity index (χ0n) is 14.3. The van der Waals surface area contributed by atoms with Gasteiger partial charge < -0.3 is 10.1 Å². The molecule has 1 fully saturated rings. The zero-order valence-corrected chi connectivity index (χ0v) is 15.1. The first-order valence-corrected chi connectivity index (χ1v) is 9.98. The van der Waals surface area contributed by atoms with Crippen LogP contribution in [0.3, 0.4) is 0 Å². The van der Waals surface area contributed by atoms with E-state index >= 15 is 0 Å². The number of rotatable bonds is 8. The van der Waals surface area contributed by atoms with Crippen LogP contribution < -0.4 is 5.32 Å². The van der Waals surface area contributed by atoms with E-state index in [0.29, 0.717) is 23.3 Å². The van der Waals surface area contributed by atoms with Crippen molar-refractivity contribution in [1.82, 2.24) is 0 Å². The van der Waals surface area contributed by atoms with Crippen molar-refractivity contribution in [3.8, 4) is 0 Å². The first-order chi connectivity index (χ1) is 11.6. The fraction of sp³-hybridized carbons (Fsp3) is 0.526. The molecule has 0 radical (unpaired) electrons. The van der Waals surface area contributed by atoms with Crippen molar-refractivity contribution in [3.63, 3.8) is 0 Å². The van der Waals surface area contributed by atoms with Crippen molar-refractivity contribution in [2.45, 2.75) is 56.1 Å². The van der Waals surface area contributed by atoms with Gasteiger partial charge in [-0.05, 0) is 37.5 Å². The normalized spacial score (nSPS) is 17.9. The number of nitrogens with one attached hydrogen (secondary N) is 1. The minimum Gasteiger partial charge on any atom is -0.365 e. The molecule has 2 atom stereocenters. The molecule has 2 rings (SSSR count). The Morgan fingerprint density at radius 1 is 1.42 bits per heavy atom. The summed E-state index contributed by atoms with van der Waals surface area (Å²) in [7, 11) is -0.840. The molecule has 0 bridgehead atoms. The van der Waals surface area contributed by atoms with Crippen LogP contribution in [0.4, 0.5) is 5.69 Å². The van der Waals surface area contributed by atoms with E-state index in [9.17, 15) is 9.00 Å². The van der Waals surface area contributed by atoms with Crippen molar-refractivity contribution in [2.24, 2.45) is 0 Å². The summed E-state index contributed by atoms with van der Waals surface area (Å²) in [5, 5.41) is 3.17. The van der Waals surface area contributed by atoms with Crippen LogP contribution in [0, 0.1) is 0 Å². The number of hydrogen-bond acceptors (Lipinski definition) is 3. The van der Waals surface area contributed by atoms with Crippen LogP contribution in [-0.4, -0.2) is 28.1 Å². The van der Waals surface area contributed by atoms with E-state index in [-0.39, 0.29) is 5.91 Å². The summed E-state index contributed by atoms with van der Waals surface area (Å²) >= 11 is 0. The van der Waals surface area contributed by atoms with Crippen LogP contribution in [0.1, 0.15) is 44.6 Å². The first-order valence-electron chi connectivity index (χ1n) is 8.59. The molecule has 24 heavy (non-hydrogen) atoms. The molecule has 132 valence electrons. The van der Waals surface area contributed by atoms with Gasteiger partial charge in [0.2, 0.25) is 0 Å². The standard InChI is InChI=1S/C19H27NO3S/c1-3-12-23-15(2)19(21)20-17-9-7-8-16(13-17)14-24(22)18-10-5-4-6-11-18/h3,7-9,13,15,18H,1,4-6,10-12,14H2,2H3,(H,20,21)/t15-,24+/m1/s1. The topological polar surface area (TPSA) is 55.4 Å². The van der Waals surface area contributed by atoms with Crippen LogP contribution in [0.5, 0.6) is 0 Å². The van der Waals surface area contributed by atoms with Crippen molar-refractivity contribution in [1.29, 1.82) is 0 Å². The second-order valence-electron chi connectivity index (χ2n) is 6.24. The maximum atomic E-state index is 12.5. The highest BCUT2D eigenvalue weighted by Crippen LogP contribution is 2.24. The molecule has 1 N–H and O–H groups in total. The van der Waals surface area contributed by atoms with E-state index in [1.165, 1.54) is 19.3 Å². The van der Waals surface area contributed by atoms with Crippen LogP contribution in [0.2, 0.25) is 0 Å². The fourth-order valence-corrected chi connectivity index (χ4v) is 4.48. The Kier molecular flexibility index (Phi) is 7.66. The van der Waals surface area contributed by atoms with Crippen LogP contribution >= 0.6 is 0 Å². The SMILES string of the molecule is C=CCO[C@H](C)C(=O)Nc1cccc(C[S@](=O)C2CCCCC2)c1. The van der Waals surface area contributed by atoms with Crippen molar-refractivity contribution < 1.29 is 13.7 Å². The third-order valence-electron chi connectivity index (χ3n) is 4.26. The Labute approximate surface area is 147 Å². The number of hydrogen-bond donors (Lipinski definition) is 1. The van der Waals surface area contributed by atoms with Gasteiger partial charge in [-0.1, -0.05) is 37.5 Å². The molecule has 1 aromatic carbocycles. The third-order valence-corrected chi connectivity index (χ3v) is 6.09. The van der Waals surface area contributed by atoms with E-state index in [0.717, 1.165) is 18.4 Å². The molecule has 0 unspecified atom stereocenters. The highest BCUT2D eigenvalue weighted by molar-refractivity contribution is 7.84. The van der Waals surface area contributed by atoms with E-state index in [4.69, 9.17) is 4.74 Å². The number of ether oxygens (including phenoxy) is 1. The van der Waals surface area contributed by atoms with E-state index in [1.54, 1.807) is 13.0 Å². The monoisotopic (exact) mass is 349 g/mol. The van der Waals surface area contributed by atoms with Crippen LogP contribution in [-0.2, 0) is 26.1 Å². The van der Waals surface area contributed by atoms with Gasteiger partial charge >= 0.3 is 0 Å². The number of benzene rings is 1. The summed E-state index contributed by atoms with van der Waals surface area (Å²) in [5.74, 6) is 0.360. The lowest BCUT2D eigenvalue weighted by Crippen LogP contribution is -2.27. The van der Waals surface area contributed by atoms with E-state index in [1.807, 2.05) is 24.3 Å². The predicted octanol–water partition coefficient (Wildman–Crippen LogP) is 3.80. The van der Waals surface area contributed by atoms with Gasteiger partial charge in [0, 0.05) is 27.5 Å². The Morgan fingerprint density at radius 2 is 2.17 bits per heavy atom. The second kappa shape index (κ2) is 9.74. The highest BCUT2D eigenvalue weighted by Gasteiger charge is 2.20. The fourth-order valence-electron chi connectivity index (χ4n) is 2.88. The van der Waals surface area contributed by atoms with Gasteiger partial charge in [-0.3, -0.25) is 9.00 Å². The lowest BCUT2D eigenvalue weighted by atomic mass is 10.0. The summed E-state index contributed by atoms with van der Waals surface area (Å²) in [4.78, 5) is 12.1. The van der Waals surface area contributed by atoms with Crippen LogP contribution in [0.25, 0.3) is 0 Å². The molecule has 0 heterocycles. The molecule has 1 aromatic rings. The summed E-state index contributed by atoms with van der Waals surface area (Å²) in [5.41, 5.74) is 1.71. The van der Waals surface area contributed by atoms with Gasteiger partial charge in [0.15, 0.2) is 0 Å². The largest absolute Gasteiger partial charge is 0.365 e. The maximum absolute atomic E-state index is 12.5. The van der Waals surface area contributed by atoms with E-state index < -0.39 is 16.9 Å². The maximum Gasteiger partial charge on any atom is 0.253 e. The van der Waals surface area contributed by atoms with Crippen molar-refractivity contribution in [2.75, 3.05) is 11.9 Å². The average Bonchev–Trinajstić information content (AvgIpc) is 2.60. The quantitative estimate of drug-likeness (QED) is 0.726. The number of anilines is 1. The molecule has 1 saturated carbocycles. The second-order valence-corrected chi connectivity index (χ2v) is 7.96. The van der Waals surface area contributed by atoms with Gasteiger partial charge in [-0.15, -0.1) is 6.58 Å². The molecule has 0 aromatic heterocycles. The highest BCUT2D eigenvalue weighted by atomic mass is 32.2. The Balaban J connectivity index is 1.91. The summed E-state index contributed by atoms with van der Waals surface area (Å²) in [6.07, 6.45) is 6.86. The molecule has 4 nitrogen and oxygen atoms in total. The summed E-state index contributed by atoms with van der Waals surface area (Å²) in [6, 6.07) is 7.59. The van der Waals surface area contributed by atoms with E-state index in [2.05, 4.69) is 11.9 Å². The first kappa shape index (κ1) is 18.9. The third kappa shape index (κ3) is 5.87. The molecular weight excluding hydrogens is 322 g/mol. The van der Waals surface area contributed by atoms with Gasteiger partial charge in [-0.2, -0.15) is 0 Å². The number of carbonyl (C=O) groups excluding carboxylic acids is 1. The predicted molar refractivity (Wildman–Crippen MR) is 99.4 cm³/mol. The Hall–Kier alpha value is -1.46. The van der Waals surface area contributed by atoms with Crippen molar-refractivity contribution in [3.05, 3.63) is 42.5 Å². The van der Waals surface area contributed by atoms with Crippen molar-refractivity contribution >= 4 is 22.4 Å². The molecular formula is C19H27NO3S. The lowest BCUT2D eigenvalue weighted by molar-refractivity contribution is -0.125. The Bertz CT molecular complexity index is 582. The summed E-state index contributed by atoms with van der Waals surface area (Å²) < 4.78 is 17.8. The zero-order chi connectivity index (χ0) is 17.4. The van der Waals surface area contributed by atoms with Gasteiger partial charge in [0.1, 0.15) is 6.10 Å². The minimum atomic E-state index is -0.840. The molecule has 1 aliphatic carbocycles. The molecule has 1 aliphatic rings. The smallest absolute Gasteiger partial charge is 0.253 e. The summed E-state index contributed by atoms with van der Waals surface area (Å²) in [6.45, 7) is 5.62. The van der Waals surface area contributed by atoms with Gasteiger partial charge in [0.05, 0.1) is 6.61 Å². The minimum absolute atomic E-state index is 0.192. The molecule has 0 aliphatic heterocycles.